The van der Waals surface area contributed by atoms with E-state index in [2.05, 4.69) is 81.5 Å². The van der Waals surface area contributed by atoms with Gasteiger partial charge in [-0.25, -0.2) is 0 Å². The molecule has 0 amide bonds. The smallest absolute Gasteiger partial charge is 0.0907 e. The number of rotatable bonds is 34. The van der Waals surface area contributed by atoms with E-state index >= 15 is 0 Å². The van der Waals surface area contributed by atoms with E-state index in [-0.39, 0.29) is 0 Å². The SMILES string of the molecule is CCCCC/C=C\C/C=C\CCCCCCCCOC1C(CN(C)C)C1OCCCCCCCC/C=C\C/C=C\CCCCC. The lowest BCUT2D eigenvalue weighted by atomic mass is 10.1. The summed E-state index contributed by atoms with van der Waals surface area (Å²) in [7, 11) is 4.33. The molecule has 0 aliphatic heterocycles. The fourth-order valence-electron chi connectivity index (χ4n) is 6.00. The van der Waals surface area contributed by atoms with Crippen LogP contribution in [0, 0.1) is 5.92 Å². The van der Waals surface area contributed by atoms with Crippen molar-refractivity contribution in [2.75, 3.05) is 33.9 Å². The van der Waals surface area contributed by atoms with Crippen molar-refractivity contribution < 1.29 is 9.47 Å². The van der Waals surface area contributed by atoms with Crippen molar-refractivity contribution in [1.82, 2.24) is 4.90 Å². The van der Waals surface area contributed by atoms with Gasteiger partial charge < -0.3 is 14.4 Å². The van der Waals surface area contributed by atoms with Gasteiger partial charge in [-0.05, 0) is 91.1 Å². The highest BCUT2D eigenvalue weighted by Crippen LogP contribution is 2.38. The maximum atomic E-state index is 6.31. The van der Waals surface area contributed by atoms with Crippen LogP contribution in [0.5, 0.6) is 0 Å². The molecule has 0 aromatic heterocycles. The van der Waals surface area contributed by atoms with E-state index < -0.39 is 0 Å². The van der Waals surface area contributed by atoms with E-state index in [1.165, 1.54) is 141 Å². The van der Waals surface area contributed by atoms with Crippen molar-refractivity contribution in [3.05, 3.63) is 48.6 Å². The molecule has 3 heteroatoms. The Balaban J connectivity index is 1.94. The molecule has 3 nitrogen and oxygen atoms in total. The van der Waals surface area contributed by atoms with Crippen LogP contribution in [-0.2, 0) is 9.47 Å². The molecule has 0 bridgehead atoms. The van der Waals surface area contributed by atoms with Crippen molar-refractivity contribution >= 4 is 0 Å². The first-order valence-corrected chi connectivity index (χ1v) is 19.7. The second-order valence-electron chi connectivity index (χ2n) is 13.8. The molecule has 2 atom stereocenters. The minimum Gasteiger partial charge on any atom is -0.375 e. The minimum atomic E-state index is 0.315. The van der Waals surface area contributed by atoms with Crippen LogP contribution >= 0.6 is 0 Å². The summed E-state index contributed by atoms with van der Waals surface area (Å²) in [4.78, 5) is 2.28. The van der Waals surface area contributed by atoms with Crippen molar-refractivity contribution in [2.45, 2.75) is 180 Å². The summed E-state index contributed by atoms with van der Waals surface area (Å²) in [5, 5.41) is 0. The molecule has 0 aromatic rings. The molecule has 0 saturated heterocycles. The third-order valence-electron chi connectivity index (χ3n) is 8.91. The van der Waals surface area contributed by atoms with E-state index in [1.54, 1.807) is 0 Å². The first-order valence-electron chi connectivity index (χ1n) is 19.7. The van der Waals surface area contributed by atoms with Gasteiger partial charge in [-0.2, -0.15) is 0 Å². The van der Waals surface area contributed by atoms with Crippen LogP contribution < -0.4 is 0 Å². The molecule has 0 spiro atoms. The third-order valence-corrected chi connectivity index (χ3v) is 8.91. The molecule has 1 saturated carbocycles. The van der Waals surface area contributed by atoms with Crippen LogP contribution in [0.1, 0.15) is 168 Å². The van der Waals surface area contributed by atoms with Gasteiger partial charge in [0, 0.05) is 25.7 Å². The number of unbranched alkanes of at least 4 members (excludes halogenated alkanes) is 18. The first-order chi connectivity index (χ1) is 22.2. The van der Waals surface area contributed by atoms with Crippen LogP contribution in [0.15, 0.2) is 48.6 Å². The van der Waals surface area contributed by atoms with E-state index in [9.17, 15) is 0 Å². The number of allylic oxidation sites excluding steroid dienone is 8. The summed E-state index contributed by atoms with van der Waals surface area (Å²) in [5.74, 6) is 0.550. The monoisotopic (exact) mass is 628 g/mol. The molecule has 0 aromatic carbocycles. The molecule has 2 unspecified atom stereocenters. The van der Waals surface area contributed by atoms with Gasteiger partial charge in [0.15, 0.2) is 0 Å². The van der Waals surface area contributed by atoms with Gasteiger partial charge >= 0.3 is 0 Å². The molecule has 45 heavy (non-hydrogen) atoms. The zero-order valence-electron chi connectivity index (χ0n) is 30.7. The van der Waals surface area contributed by atoms with Crippen molar-refractivity contribution in [3.8, 4) is 0 Å². The fraction of sp³-hybridized carbons (Fsp3) is 0.810. The Morgan fingerprint density at radius 1 is 0.422 bits per heavy atom. The maximum Gasteiger partial charge on any atom is 0.0907 e. The zero-order valence-corrected chi connectivity index (χ0v) is 30.7. The summed E-state index contributed by atoms with van der Waals surface area (Å²) in [6.07, 6.45) is 50.3. The standard InChI is InChI=1S/C42H77NO2/c1-5-7-9-11-13-15-17-19-21-23-25-27-29-31-33-35-37-44-41-40(39-43(3)4)42(41)45-38-36-34-32-30-28-26-24-22-20-18-16-14-12-10-8-6-2/h13-16,19-22,40-42H,5-12,17-18,23-39H2,1-4H3/b15-13-,16-14-,21-19-,22-20-. The predicted molar refractivity (Wildman–Crippen MR) is 200 cm³/mol. The Morgan fingerprint density at radius 2 is 0.756 bits per heavy atom. The Bertz CT molecular complexity index is 668. The van der Waals surface area contributed by atoms with Crippen molar-refractivity contribution in [2.24, 2.45) is 5.92 Å². The average molecular weight is 628 g/mol. The second-order valence-corrected chi connectivity index (χ2v) is 13.8. The van der Waals surface area contributed by atoms with Gasteiger partial charge in [0.05, 0.1) is 12.2 Å². The molecule has 262 valence electrons. The summed E-state index contributed by atoms with van der Waals surface area (Å²) in [6, 6.07) is 0. The second kappa shape index (κ2) is 32.8. The van der Waals surface area contributed by atoms with Crippen LogP contribution in [0.4, 0.5) is 0 Å². The highest BCUT2D eigenvalue weighted by atomic mass is 16.6. The Hall–Kier alpha value is -1.16. The van der Waals surface area contributed by atoms with Crippen LogP contribution in [0.2, 0.25) is 0 Å². The Kier molecular flexibility index (Phi) is 30.5. The van der Waals surface area contributed by atoms with Crippen LogP contribution in [0.3, 0.4) is 0 Å². The van der Waals surface area contributed by atoms with Gasteiger partial charge in [-0.3, -0.25) is 0 Å². The van der Waals surface area contributed by atoms with Crippen molar-refractivity contribution in [1.29, 1.82) is 0 Å². The minimum absolute atomic E-state index is 0.315. The number of ether oxygens (including phenoxy) is 2. The molecular weight excluding hydrogens is 550 g/mol. The molecule has 0 heterocycles. The summed E-state index contributed by atoms with van der Waals surface area (Å²) >= 11 is 0. The molecule has 1 aliphatic rings. The van der Waals surface area contributed by atoms with Gasteiger partial charge in [0.1, 0.15) is 0 Å². The predicted octanol–water partition coefficient (Wildman–Crippen LogP) is 12.6. The van der Waals surface area contributed by atoms with E-state index in [4.69, 9.17) is 9.47 Å². The lowest BCUT2D eigenvalue weighted by Crippen LogP contribution is -2.17. The molecule has 1 fully saturated rings. The molecule has 1 rings (SSSR count). The van der Waals surface area contributed by atoms with Crippen LogP contribution in [0.25, 0.3) is 0 Å². The topological polar surface area (TPSA) is 21.7 Å². The maximum absolute atomic E-state index is 6.31. The highest BCUT2D eigenvalue weighted by Gasteiger charge is 2.52. The molecule has 0 N–H and O–H groups in total. The molecular formula is C42H77NO2. The normalized spacial score (nSPS) is 18.6. The van der Waals surface area contributed by atoms with Gasteiger partial charge in [-0.1, -0.05) is 140 Å². The van der Waals surface area contributed by atoms with E-state index in [1.807, 2.05) is 0 Å². The van der Waals surface area contributed by atoms with Gasteiger partial charge in [0.2, 0.25) is 0 Å². The molecule has 1 aliphatic carbocycles. The summed E-state index contributed by atoms with van der Waals surface area (Å²) in [5.41, 5.74) is 0. The quantitative estimate of drug-likeness (QED) is 0.0523. The van der Waals surface area contributed by atoms with Crippen LogP contribution in [-0.4, -0.2) is 51.0 Å². The number of hydrogen-bond donors (Lipinski definition) is 0. The number of nitrogens with zero attached hydrogens (tertiary/aromatic N) is 1. The largest absolute Gasteiger partial charge is 0.375 e. The number of hydrogen-bond acceptors (Lipinski definition) is 3. The zero-order chi connectivity index (χ0) is 32.5. The van der Waals surface area contributed by atoms with Gasteiger partial charge in [0.25, 0.3) is 0 Å². The van der Waals surface area contributed by atoms with E-state index in [0.717, 1.165) is 32.6 Å². The summed E-state index contributed by atoms with van der Waals surface area (Å²) in [6.45, 7) is 7.40. The van der Waals surface area contributed by atoms with Crippen molar-refractivity contribution in [3.63, 3.8) is 0 Å². The lowest BCUT2D eigenvalue weighted by molar-refractivity contribution is 0.0401. The lowest BCUT2D eigenvalue weighted by Gasteiger charge is -2.08. The highest BCUT2D eigenvalue weighted by molar-refractivity contribution is 5.02. The third kappa shape index (κ3) is 27.6. The Morgan fingerprint density at radius 3 is 1.11 bits per heavy atom. The average Bonchev–Trinajstić information content (AvgIpc) is 3.68. The molecule has 0 radical (unpaired) electrons. The van der Waals surface area contributed by atoms with E-state index in [0.29, 0.717) is 18.1 Å². The fourth-order valence-corrected chi connectivity index (χ4v) is 6.00. The van der Waals surface area contributed by atoms with Gasteiger partial charge in [-0.15, -0.1) is 0 Å². The first kappa shape index (κ1) is 41.9. The Labute approximate surface area is 282 Å². The summed E-state index contributed by atoms with van der Waals surface area (Å²) < 4.78 is 12.6.